The van der Waals surface area contributed by atoms with E-state index >= 15 is 0 Å². The summed E-state index contributed by atoms with van der Waals surface area (Å²) in [6.07, 6.45) is 1.56. The highest BCUT2D eigenvalue weighted by Crippen LogP contribution is 2.41. The van der Waals surface area contributed by atoms with Gasteiger partial charge in [0.05, 0.1) is 29.5 Å². The van der Waals surface area contributed by atoms with Crippen LogP contribution in [-0.2, 0) is 20.5 Å². The minimum atomic E-state index is -4.04. The second-order valence-corrected chi connectivity index (χ2v) is 9.86. The monoisotopic (exact) mass is 456 g/mol. The predicted molar refractivity (Wildman–Crippen MR) is 122 cm³/mol. The molecule has 1 heterocycles. The summed E-state index contributed by atoms with van der Waals surface area (Å²) in [5.74, 6) is -1.72. The number of rotatable bonds is 4. The summed E-state index contributed by atoms with van der Waals surface area (Å²) in [4.78, 5) is 2.01. The van der Waals surface area contributed by atoms with Crippen LogP contribution in [0.15, 0.2) is 51.4 Å². The molecule has 2 aliphatic rings. The smallest absolute Gasteiger partial charge is 0.283 e. The first-order chi connectivity index (χ1) is 15.1. The van der Waals surface area contributed by atoms with Crippen molar-refractivity contribution in [3.05, 3.63) is 75.5 Å². The lowest BCUT2D eigenvalue weighted by Gasteiger charge is -2.45. The summed E-state index contributed by atoms with van der Waals surface area (Å²) >= 11 is 0. The van der Waals surface area contributed by atoms with E-state index in [0.29, 0.717) is 34.5 Å². The number of aliphatic hydroxyl groups excluding tert-OH is 1. The zero-order valence-corrected chi connectivity index (χ0v) is 19.5. The Morgan fingerprint density at radius 3 is 2.44 bits per heavy atom. The maximum Gasteiger partial charge on any atom is 0.283 e. The molecular weight excluding hydrogens is 428 g/mol. The van der Waals surface area contributed by atoms with Crippen molar-refractivity contribution in [1.29, 1.82) is 0 Å². The zero-order chi connectivity index (χ0) is 23.3. The minimum absolute atomic E-state index is 0.110. The van der Waals surface area contributed by atoms with Crippen LogP contribution in [0.5, 0.6) is 0 Å². The Labute approximate surface area is 188 Å². The molecule has 1 fully saturated rings. The molecule has 0 spiro atoms. The lowest BCUT2D eigenvalue weighted by molar-refractivity contribution is -0.219. The first-order valence-electron chi connectivity index (χ1n) is 10.6. The number of benzene rings is 2. The van der Waals surface area contributed by atoms with Crippen molar-refractivity contribution in [2.75, 3.05) is 26.3 Å². The van der Waals surface area contributed by atoms with Crippen LogP contribution in [0.2, 0.25) is 0 Å². The number of ether oxygens (including phenoxy) is 1. The first-order valence-corrected chi connectivity index (χ1v) is 12.0. The summed E-state index contributed by atoms with van der Waals surface area (Å²) in [5.41, 5.74) is 4.65. The average molecular weight is 457 g/mol. The molecule has 0 amide bonds. The highest BCUT2D eigenvalue weighted by Gasteiger charge is 2.46. The van der Waals surface area contributed by atoms with Crippen LogP contribution in [-0.4, -0.2) is 55.5 Å². The maximum atomic E-state index is 13.5. The second kappa shape index (κ2) is 8.12. The van der Waals surface area contributed by atoms with E-state index in [0.717, 1.165) is 11.1 Å². The quantitative estimate of drug-likeness (QED) is 0.733. The fourth-order valence-electron chi connectivity index (χ4n) is 4.50. The van der Waals surface area contributed by atoms with Gasteiger partial charge in [-0.3, -0.25) is 0 Å². The Morgan fingerprint density at radius 1 is 1.12 bits per heavy atom. The molecule has 7 nitrogen and oxygen atoms in total. The standard InChI is InChI=1S/C24H28N2O5S/c1-15-13-16(2)18(4)23(17(15)3)32(29,30)25-21-14-22-24(28,20-8-6-5-7-19(20)21)31-12-10-26(22)9-11-27/h5-8,13-14,27-28H,9-12H2,1-4H3. The van der Waals surface area contributed by atoms with Gasteiger partial charge in [0.15, 0.2) is 0 Å². The summed E-state index contributed by atoms with van der Waals surface area (Å²) in [7, 11) is -4.04. The molecule has 0 aromatic heterocycles. The molecule has 4 rings (SSSR count). The van der Waals surface area contributed by atoms with Gasteiger partial charge in [0, 0.05) is 24.2 Å². The number of hydrogen-bond acceptors (Lipinski definition) is 6. The molecular formula is C24H28N2O5S. The van der Waals surface area contributed by atoms with E-state index in [1.54, 1.807) is 49.1 Å². The van der Waals surface area contributed by atoms with E-state index < -0.39 is 15.8 Å². The normalized spacial score (nSPS) is 21.9. The minimum Gasteiger partial charge on any atom is -0.395 e. The Bertz CT molecular complexity index is 1220. The summed E-state index contributed by atoms with van der Waals surface area (Å²) in [5, 5.41) is 20.9. The highest BCUT2D eigenvalue weighted by molar-refractivity contribution is 7.90. The third-order valence-corrected chi connectivity index (χ3v) is 7.91. The van der Waals surface area contributed by atoms with Crippen LogP contribution in [0.3, 0.4) is 0 Å². The topological polar surface area (TPSA) is 99.4 Å². The Balaban J connectivity index is 1.95. The Hall–Kier alpha value is -2.52. The molecule has 1 unspecified atom stereocenters. The fraction of sp³-hybridized carbons (Fsp3) is 0.375. The van der Waals surface area contributed by atoms with E-state index in [9.17, 15) is 18.6 Å². The number of nitrogens with zero attached hydrogens (tertiary/aromatic N) is 2. The number of aliphatic hydroxyl groups is 2. The molecule has 1 aliphatic heterocycles. The van der Waals surface area contributed by atoms with Crippen LogP contribution in [0.1, 0.15) is 33.4 Å². The van der Waals surface area contributed by atoms with Crippen LogP contribution in [0, 0.1) is 27.7 Å². The third-order valence-electron chi connectivity index (χ3n) is 6.35. The molecule has 0 bridgehead atoms. The zero-order valence-electron chi connectivity index (χ0n) is 18.7. The van der Waals surface area contributed by atoms with E-state index in [1.807, 2.05) is 19.9 Å². The van der Waals surface area contributed by atoms with E-state index in [1.165, 1.54) is 0 Å². The van der Waals surface area contributed by atoms with Gasteiger partial charge >= 0.3 is 0 Å². The molecule has 0 saturated carbocycles. The largest absolute Gasteiger partial charge is 0.395 e. The first kappa shape index (κ1) is 22.7. The van der Waals surface area contributed by atoms with Crippen molar-refractivity contribution in [2.24, 2.45) is 4.40 Å². The van der Waals surface area contributed by atoms with Crippen molar-refractivity contribution in [3.63, 3.8) is 0 Å². The number of allylic oxidation sites excluding steroid dienone is 1. The van der Waals surface area contributed by atoms with Crippen LogP contribution in [0.4, 0.5) is 0 Å². The van der Waals surface area contributed by atoms with E-state index in [4.69, 9.17) is 4.74 Å². The molecule has 1 atom stereocenters. The number of fused-ring (bicyclic) bond motifs is 3. The van der Waals surface area contributed by atoms with E-state index in [-0.39, 0.29) is 30.4 Å². The third kappa shape index (κ3) is 3.57. The number of sulfonamides is 1. The van der Waals surface area contributed by atoms with Gasteiger partial charge in [-0.25, -0.2) is 0 Å². The summed E-state index contributed by atoms with van der Waals surface area (Å²) in [6.45, 7) is 8.27. The van der Waals surface area contributed by atoms with Gasteiger partial charge < -0.3 is 19.8 Å². The van der Waals surface area contributed by atoms with Crippen LogP contribution in [0.25, 0.3) is 0 Å². The highest BCUT2D eigenvalue weighted by atomic mass is 32.2. The molecule has 1 saturated heterocycles. The SMILES string of the molecule is Cc1cc(C)c(C)c(S(=O)(=O)N=C2C=C3N(CCO)CCOC3(O)c3ccccc32)c1C. The van der Waals surface area contributed by atoms with Crippen molar-refractivity contribution in [2.45, 2.75) is 38.4 Å². The van der Waals surface area contributed by atoms with Gasteiger partial charge in [0.1, 0.15) is 0 Å². The molecule has 2 N–H and O–H groups in total. The van der Waals surface area contributed by atoms with Crippen molar-refractivity contribution in [1.82, 2.24) is 4.90 Å². The summed E-state index contributed by atoms with van der Waals surface area (Å²) < 4.78 is 37.1. The molecule has 32 heavy (non-hydrogen) atoms. The maximum absolute atomic E-state index is 13.5. The Kier molecular flexibility index (Phi) is 5.75. The molecule has 2 aromatic carbocycles. The van der Waals surface area contributed by atoms with Gasteiger partial charge in [-0.05, 0) is 56.0 Å². The molecule has 1 aliphatic carbocycles. The van der Waals surface area contributed by atoms with Gasteiger partial charge in [-0.15, -0.1) is 0 Å². The van der Waals surface area contributed by atoms with Crippen LogP contribution < -0.4 is 0 Å². The second-order valence-electron chi connectivity index (χ2n) is 8.32. The number of aryl methyl sites for hydroxylation is 2. The molecule has 2 aromatic rings. The predicted octanol–water partition coefficient (Wildman–Crippen LogP) is 2.47. The van der Waals surface area contributed by atoms with Gasteiger partial charge in [0.2, 0.25) is 5.79 Å². The van der Waals surface area contributed by atoms with Crippen LogP contribution >= 0.6 is 0 Å². The fourth-order valence-corrected chi connectivity index (χ4v) is 6.09. The van der Waals surface area contributed by atoms with Crippen molar-refractivity contribution in [3.8, 4) is 0 Å². The van der Waals surface area contributed by atoms with Gasteiger partial charge in [-0.1, -0.05) is 30.3 Å². The molecule has 0 radical (unpaired) electrons. The average Bonchev–Trinajstić information content (AvgIpc) is 2.74. The Morgan fingerprint density at radius 2 is 1.78 bits per heavy atom. The number of hydrogen-bond donors (Lipinski definition) is 2. The van der Waals surface area contributed by atoms with Gasteiger partial charge in [-0.2, -0.15) is 12.8 Å². The molecule has 8 heteroatoms. The van der Waals surface area contributed by atoms with Crippen molar-refractivity contribution < 1.29 is 23.4 Å². The molecule has 170 valence electrons. The number of β-amino-alcohol motifs (C(OH)–C–C–N with tert-alkyl or cyclic N) is 1. The van der Waals surface area contributed by atoms with Gasteiger partial charge in [0.25, 0.3) is 10.0 Å². The lowest BCUT2D eigenvalue weighted by atomic mass is 9.86. The summed E-state index contributed by atoms with van der Waals surface area (Å²) in [6, 6.07) is 8.94. The van der Waals surface area contributed by atoms with Crippen molar-refractivity contribution >= 4 is 15.7 Å². The number of morpholine rings is 1. The lowest BCUT2D eigenvalue weighted by Crippen LogP contribution is -2.50. The van der Waals surface area contributed by atoms with E-state index in [2.05, 4.69) is 4.40 Å².